The van der Waals surface area contributed by atoms with E-state index in [9.17, 15) is 51.0 Å². The summed E-state index contributed by atoms with van der Waals surface area (Å²) < 4.78 is 93.0. The van der Waals surface area contributed by atoms with Crippen LogP contribution in [0, 0.1) is 20.2 Å². The first-order chi connectivity index (χ1) is 14.1. The van der Waals surface area contributed by atoms with E-state index >= 15 is 0 Å². The minimum Gasteiger partial charge on any atom is -0.428 e. The van der Waals surface area contributed by atoms with Crippen molar-refractivity contribution < 1.29 is 45.3 Å². The molecule has 0 bridgehead atoms. The third-order valence-electron chi connectivity index (χ3n) is 3.53. The molecule has 0 saturated heterocycles. The minimum atomic E-state index is -5.25. The molecule has 2 aromatic rings. The summed E-state index contributed by atoms with van der Waals surface area (Å²) in [5, 5.41) is 23.2. The van der Waals surface area contributed by atoms with E-state index in [-0.39, 0.29) is 11.8 Å². The van der Waals surface area contributed by atoms with Crippen LogP contribution in [-0.2, 0) is 6.18 Å². The van der Waals surface area contributed by atoms with Crippen LogP contribution in [0.15, 0.2) is 30.3 Å². The molecule has 0 amide bonds. The van der Waals surface area contributed by atoms with Gasteiger partial charge in [-0.25, -0.2) is 0 Å². The lowest BCUT2D eigenvalue weighted by Gasteiger charge is -2.17. The summed E-state index contributed by atoms with van der Waals surface area (Å²) in [7, 11) is 0. The van der Waals surface area contributed by atoms with Crippen molar-refractivity contribution in [3.05, 3.63) is 61.1 Å². The Hall–Kier alpha value is -3.36. The van der Waals surface area contributed by atoms with Crippen LogP contribution in [0.25, 0.3) is 0 Å². The van der Waals surface area contributed by atoms with E-state index in [0.29, 0.717) is 12.1 Å². The summed E-state index contributed by atoms with van der Waals surface area (Å²) in [6.07, 6.45) is -14.2. The molecule has 0 atom stereocenters. The average molecular weight is 478 g/mol. The summed E-state index contributed by atoms with van der Waals surface area (Å²) in [6.45, 7) is 0. The van der Waals surface area contributed by atoms with E-state index in [0.717, 1.165) is 12.1 Å². The van der Waals surface area contributed by atoms with Crippen molar-refractivity contribution in [2.45, 2.75) is 18.7 Å². The summed E-state index contributed by atoms with van der Waals surface area (Å²) >= 11 is 5.47. The number of nitrogens with one attached hydrogen (secondary N) is 1. The second kappa shape index (κ2) is 8.41. The summed E-state index contributed by atoms with van der Waals surface area (Å²) in [5.41, 5.74) is -5.95. The maximum atomic E-state index is 13.1. The predicted octanol–water partition coefficient (Wildman–Crippen LogP) is 6.16. The van der Waals surface area contributed by atoms with Gasteiger partial charge in [0.15, 0.2) is 5.69 Å². The van der Waals surface area contributed by atoms with Gasteiger partial charge in [0.25, 0.3) is 0 Å². The molecule has 0 aliphatic carbocycles. The van der Waals surface area contributed by atoms with E-state index in [1.54, 1.807) is 0 Å². The molecule has 0 unspecified atom stereocenters. The fourth-order valence-corrected chi connectivity index (χ4v) is 2.55. The Morgan fingerprint density at radius 2 is 1.55 bits per heavy atom. The third kappa shape index (κ3) is 5.22. The van der Waals surface area contributed by atoms with Crippen LogP contribution in [-0.4, -0.2) is 22.4 Å². The van der Waals surface area contributed by atoms with Crippen LogP contribution in [0.2, 0.25) is 5.02 Å². The van der Waals surface area contributed by atoms with Crippen molar-refractivity contribution in [1.29, 1.82) is 0 Å². The molecule has 0 spiro atoms. The first kappa shape index (κ1) is 23.9. The molecule has 0 heterocycles. The lowest BCUT2D eigenvalue weighted by Crippen LogP contribution is -2.33. The minimum absolute atomic E-state index is 0.0155. The van der Waals surface area contributed by atoms with Gasteiger partial charge in [-0.1, -0.05) is 11.6 Å². The fourth-order valence-electron chi connectivity index (χ4n) is 2.23. The van der Waals surface area contributed by atoms with E-state index in [4.69, 9.17) is 11.6 Å². The van der Waals surface area contributed by atoms with Gasteiger partial charge in [0.1, 0.15) is 10.8 Å². The van der Waals surface area contributed by atoms with Crippen LogP contribution < -0.4 is 10.1 Å². The molecule has 1 N–H and O–H groups in total. The second-order valence-electron chi connectivity index (χ2n) is 5.61. The molecule has 0 aliphatic rings. The number of ether oxygens (including phenoxy) is 1. The molecular formula is C15H7ClF7N3O5. The molecule has 0 fully saturated rings. The summed E-state index contributed by atoms with van der Waals surface area (Å²) in [6, 6.07) is 3.09. The normalized spacial score (nSPS) is 12.0. The number of hydrogen-bond donors (Lipinski definition) is 1. The number of halogens is 8. The zero-order valence-corrected chi connectivity index (χ0v) is 15.2. The van der Waals surface area contributed by atoms with Crippen LogP contribution in [0.5, 0.6) is 5.75 Å². The van der Waals surface area contributed by atoms with Gasteiger partial charge < -0.3 is 10.1 Å². The third-order valence-corrected chi connectivity index (χ3v) is 3.92. The highest BCUT2D eigenvalue weighted by atomic mass is 35.5. The van der Waals surface area contributed by atoms with E-state index in [1.807, 2.05) is 0 Å². The molecule has 0 saturated carbocycles. The maximum absolute atomic E-state index is 13.1. The highest BCUT2D eigenvalue weighted by Gasteiger charge is 2.44. The van der Waals surface area contributed by atoms with Gasteiger partial charge in [-0.3, -0.25) is 20.2 Å². The van der Waals surface area contributed by atoms with Crippen molar-refractivity contribution in [3.63, 3.8) is 0 Å². The predicted molar refractivity (Wildman–Crippen MR) is 91.1 cm³/mol. The topological polar surface area (TPSA) is 108 Å². The van der Waals surface area contributed by atoms with Crippen LogP contribution in [0.1, 0.15) is 5.56 Å². The van der Waals surface area contributed by atoms with E-state index < -0.39 is 62.0 Å². The van der Waals surface area contributed by atoms with Crippen molar-refractivity contribution in [2.75, 3.05) is 5.32 Å². The molecule has 2 rings (SSSR count). The van der Waals surface area contributed by atoms with E-state index in [1.165, 1.54) is 0 Å². The van der Waals surface area contributed by atoms with Crippen molar-refractivity contribution in [1.82, 2.24) is 0 Å². The summed E-state index contributed by atoms with van der Waals surface area (Å²) in [4.78, 5) is 19.8. The number of benzene rings is 2. The Morgan fingerprint density at radius 1 is 1.00 bits per heavy atom. The molecule has 0 aliphatic heterocycles. The Morgan fingerprint density at radius 3 is 1.97 bits per heavy atom. The number of nitro benzene ring substituents is 2. The Labute approximate surface area is 171 Å². The smallest absolute Gasteiger partial charge is 0.428 e. The highest BCUT2D eigenvalue weighted by Crippen LogP contribution is 2.48. The molecular weight excluding hydrogens is 471 g/mol. The number of rotatable bonds is 7. The average Bonchev–Trinajstić information content (AvgIpc) is 2.61. The Bertz CT molecular complexity index is 1020. The number of nitro groups is 2. The van der Waals surface area contributed by atoms with Crippen molar-refractivity contribution in [2.24, 2.45) is 0 Å². The zero-order chi connectivity index (χ0) is 23.7. The number of nitrogens with zero attached hydrogens (tertiary/aromatic N) is 2. The van der Waals surface area contributed by atoms with Gasteiger partial charge in [0.2, 0.25) is 0 Å². The molecule has 168 valence electrons. The van der Waals surface area contributed by atoms with Crippen LogP contribution in [0.4, 0.5) is 53.5 Å². The molecule has 16 heteroatoms. The quantitative estimate of drug-likeness (QED) is 0.291. The number of alkyl halides is 7. The standard InChI is InChI=1S/C15H7ClF7N3O5/c16-10-8(14(19,20)21)5-9(25(27)28)11(12(10)26(29)30)24-6-1-3-7(4-2-6)31-15(22,23)13(17)18/h1-5,13,24H. The van der Waals surface area contributed by atoms with Gasteiger partial charge >= 0.3 is 30.1 Å². The largest absolute Gasteiger partial charge is 0.461 e. The van der Waals surface area contributed by atoms with Gasteiger partial charge in [0.05, 0.1) is 15.4 Å². The van der Waals surface area contributed by atoms with Gasteiger partial charge in [-0.2, -0.15) is 30.7 Å². The van der Waals surface area contributed by atoms with Crippen LogP contribution >= 0.6 is 11.6 Å². The van der Waals surface area contributed by atoms with Gasteiger partial charge in [0, 0.05) is 11.8 Å². The first-order valence-electron chi connectivity index (χ1n) is 7.59. The summed E-state index contributed by atoms with van der Waals surface area (Å²) in [5.74, 6) is -0.759. The molecule has 0 radical (unpaired) electrons. The van der Waals surface area contributed by atoms with Gasteiger partial charge in [-0.15, -0.1) is 0 Å². The Kier molecular flexibility index (Phi) is 6.49. The Balaban J connectivity index is 2.53. The molecule has 8 nitrogen and oxygen atoms in total. The molecule has 31 heavy (non-hydrogen) atoms. The zero-order valence-electron chi connectivity index (χ0n) is 14.4. The maximum Gasteiger partial charge on any atom is 0.461 e. The first-order valence-corrected chi connectivity index (χ1v) is 7.97. The highest BCUT2D eigenvalue weighted by molar-refractivity contribution is 6.34. The molecule has 0 aromatic heterocycles. The van der Waals surface area contributed by atoms with Crippen LogP contribution in [0.3, 0.4) is 0 Å². The number of hydrogen-bond acceptors (Lipinski definition) is 6. The van der Waals surface area contributed by atoms with E-state index in [2.05, 4.69) is 10.1 Å². The van der Waals surface area contributed by atoms with Crippen molar-refractivity contribution in [3.8, 4) is 5.75 Å². The number of anilines is 2. The SMILES string of the molecule is O=[N+]([O-])c1cc(C(F)(F)F)c(Cl)c([N+](=O)[O-])c1Nc1ccc(OC(F)(F)C(F)F)cc1. The monoisotopic (exact) mass is 477 g/mol. The van der Waals surface area contributed by atoms with Crippen molar-refractivity contribution >= 4 is 34.4 Å². The van der Waals surface area contributed by atoms with Gasteiger partial charge in [-0.05, 0) is 24.3 Å². The lowest BCUT2D eigenvalue weighted by atomic mass is 10.1. The molecule has 2 aromatic carbocycles. The lowest BCUT2D eigenvalue weighted by molar-refractivity contribution is -0.392. The second-order valence-corrected chi connectivity index (χ2v) is 5.98. The fraction of sp³-hybridized carbons (Fsp3) is 0.200.